The molecule has 1 saturated heterocycles. The zero-order chi connectivity index (χ0) is 12.6. The molecule has 0 spiro atoms. The van der Waals surface area contributed by atoms with Crippen molar-refractivity contribution in [1.82, 2.24) is 4.90 Å². The van der Waals surface area contributed by atoms with E-state index in [1.54, 1.807) is 0 Å². The number of primary sulfonamides is 1. The molecular formula is C7H11F3N2O3S. The first-order valence-electron chi connectivity index (χ1n) is 4.42. The Bertz CT molecular complexity index is 379. The van der Waals surface area contributed by atoms with Crippen LogP contribution in [0.4, 0.5) is 13.2 Å². The Kier molecular flexibility index (Phi) is 3.48. The number of amides is 1. The van der Waals surface area contributed by atoms with Gasteiger partial charge in [0.1, 0.15) is 6.54 Å². The van der Waals surface area contributed by atoms with Crippen molar-refractivity contribution in [1.29, 1.82) is 0 Å². The van der Waals surface area contributed by atoms with Crippen LogP contribution in [0.1, 0.15) is 6.42 Å². The minimum absolute atomic E-state index is 0.202. The van der Waals surface area contributed by atoms with Gasteiger partial charge in [-0.25, -0.2) is 13.6 Å². The van der Waals surface area contributed by atoms with Crippen molar-refractivity contribution in [3.63, 3.8) is 0 Å². The molecule has 0 aliphatic carbocycles. The van der Waals surface area contributed by atoms with Crippen LogP contribution in [-0.2, 0) is 14.8 Å². The maximum atomic E-state index is 12.0. The Morgan fingerprint density at radius 3 is 2.44 bits per heavy atom. The van der Waals surface area contributed by atoms with Gasteiger partial charge in [0.2, 0.25) is 15.9 Å². The molecule has 2 N–H and O–H groups in total. The van der Waals surface area contributed by atoms with E-state index in [1.165, 1.54) is 0 Å². The monoisotopic (exact) mass is 260 g/mol. The highest BCUT2D eigenvalue weighted by Gasteiger charge is 2.39. The summed E-state index contributed by atoms with van der Waals surface area (Å²) in [5, 5.41) is 4.75. The Labute approximate surface area is 90.4 Å². The first-order valence-corrected chi connectivity index (χ1v) is 6.13. The summed E-state index contributed by atoms with van der Waals surface area (Å²) in [6, 6.07) is 0. The van der Waals surface area contributed by atoms with E-state index in [0.29, 0.717) is 4.90 Å². The van der Waals surface area contributed by atoms with Gasteiger partial charge >= 0.3 is 6.18 Å². The molecule has 0 aromatic rings. The summed E-state index contributed by atoms with van der Waals surface area (Å²) in [6.07, 6.45) is -4.67. The van der Waals surface area contributed by atoms with Gasteiger partial charge in [-0.1, -0.05) is 0 Å². The Balaban J connectivity index is 2.58. The molecule has 1 amide bonds. The fourth-order valence-corrected chi connectivity index (χ4v) is 2.54. The van der Waals surface area contributed by atoms with Gasteiger partial charge in [-0.3, -0.25) is 4.79 Å². The van der Waals surface area contributed by atoms with Crippen molar-refractivity contribution in [2.24, 2.45) is 11.1 Å². The molecule has 9 heteroatoms. The lowest BCUT2D eigenvalue weighted by Crippen LogP contribution is -2.35. The topological polar surface area (TPSA) is 80.5 Å². The van der Waals surface area contributed by atoms with Crippen LogP contribution in [-0.4, -0.2) is 44.2 Å². The van der Waals surface area contributed by atoms with Gasteiger partial charge in [0.25, 0.3) is 0 Å². The summed E-state index contributed by atoms with van der Waals surface area (Å²) in [6.45, 7) is -1.55. The van der Waals surface area contributed by atoms with E-state index in [9.17, 15) is 26.4 Å². The lowest BCUT2D eigenvalue weighted by molar-refractivity contribution is -0.157. The van der Waals surface area contributed by atoms with E-state index in [1.807, 2.05) is 0 Å². The highest BCUT2D eigenvalue weighted by molar-refractivity contribution is 7.89. The number of sulfonamides is 1. The van der Waals surface area contributed by atoms with Gasteiger partial charge < -0.3 is 4.90 Å². The number of nitrogens with two attached hydrogens (primary N) is 1. The van der Waals surface area contributed by atoms with Gasteiger partial charge in [-0.15, -0.1) is 0 Å². The molecule has 1 aliphatic rings. The summed E-state index contributed by atoms with van der Waals surface area (Å²) >= 11 is 0. The lowest BCUT2D eigenvalue weighted by Gasteiger charge is -2.18. The van der Waals surface area contributed by atoms with Crippen LogP contribution in [0.25, 0.3) is 0 Å². The van der Waals surface area contributed by atoms with E-state index in [4.69, 9.17) is 5.14 Å². The molecule has 1 atom stereocenters. The average Bonchev–Trinajstić information content (AvgIpc) is 2.23. The van der Waals surface area contributed by atoms with E-state index < -0.39 is 40.3 Å². The molecule has 1 heterocycles. The van der Waals surface area contributed by atoms with Gasteiger partial charge in [-0.2, -0.15) is 13.2 Å². The number of carbonyl (C=O) groups excluding carboxylic acids is 1. The van der Waals surface area contributed by atoms with Crippen molar-refractivity contribution in [3.8, 4) is 0 Å². The van der Waals surface area contributed by atoms with Crippen molar-refractivity contribution >= 4 is 15.9 Å². The Morgan fingerprint density at radius 2 is 2.00 bits per heavy atom. The normalized spacial score (nSPS) is 22.9. The van der Waals surface area contributed by atoms with Crippen LogP contribution >= 0.6 is 0 Å². The summed E-state index contributed by atoms with van der Waals surface area (Å²) in [5.74, 6) is -1.80. The molecule has 0 aromatic carbocycles. The molecule has 1 aliphatic heterocycles. The average molecular weight is 260 g/mol. The van der Waals surface area contributed by atoms with Gasteiger partial charge in [0.15, 0.2) is 0 Å². The number of halogens is 3. The number of nitrogens with zero attached hydrogens (tertiary/aromatic N) is 1. The van der Waals surface area contributed by atoms with Crippen molar-refractivity contribution in [3.05, 3.63) is 0 Å². The van der Waals surface area contributed by atoms with Crippen LogP contribution < -0.4 is 5.14 Å². The maximum absolute atomic E-state index is 12.0. The molecule has 1 rings (SSSR count). The third-order valence-corrected chi connectivity index (χ3v) is 3.07. The first-order chi connectivity index (χ1) is 7.07. The number of carbonyl (C=O) groups is 1. The standard InChI is InChI=1S/C7H11F3N2O3S/c8-7(9,10)4-12-2-5(1-6(12)13)3-16(11,14)15/h5H,1-4H2,(H2,11,14,15). The molecule has 0 aromatic heterocycles. The van der Waals surface area contributed by atoms with Gasteiger partial charge in [0, 0.05) is 18.9 Å². The molecule has 16 heavy (non-hydrogen) atoms. The highest BCUT2D eigenvalue weighted by atomic mass is 32.2. The Hall–Kier alpha value is -0.830. The predicted molar refractivity (Wildman–Crippen MR) is 48.7 cm³/mol. The smallest absolute Gasteiger partial charge is 0.333 e. The Morgan fingerprint density at radius 1 is 1.44 bits per heavy atom. The van der Waals surface area contributed by atoms with Crippen LogP contribution in [0.2, 0.25) is 0 Å². The molecule has 1 fully saturated rings. The summed E-state index contributed by atoms with van der Waals surface area (Å²) in [5.41, 5.74) is 0. The molecule has 94 valence electrons. The zero-order valence-corrected chi connectivity index (χ0v) is 9.01. The zero-order valence-electron chi connectivity index (χ0n) is 8.20. The first kappa shape index (κ1) is 13.2. The highest BCUT2D eigenvalue weighted by Crippen LogP contribution is 2.24. The van der Waals surface area contributed by atoms with E-state index in [-0.39, 0.29) is 13.0 Å². The lowest BCUT2D eigenvalue weighted by atomic mass is 10.1. The van der Waals surface area contributed by atoms with Crippen LogP contribution in [0.15, 0.2) is 0 Å². The van der Waals surface area contributed by atoms with E-state index in [0.717, 1.165) is 0 Å². The van der Waals surface area contributed by atoms with Gasteiger partial charge in [0.05, 0.1) is 5.75 Å². The molecule has 0 radical (unpaired) electrons. The second-order valence-electron chi connectivity index (χ2n) is 3.79. The minimum atomic E-state index is -4.47. The molecular weight excluding hydrogens is 249 g/mol. The number of rotatable bonds is 3. The number of alkyl halides is 3. The molecule has 1 unspecified atom stereocenters. The molecule has 5 nitrogen and oxygen atoms in total. The van der Waals surface area contributed by atoms with Crippen LogP contribution in [0.3, 0.4) is 0 Å². The fourth-order valence-electron chi connectivity index (χ4n) is 1.66. The fraction of sp³-hybridized carbons (Fsp3) is 0.857. The van der Waals surface area contributed by atoms with E-state index in [2.05, 4.69) is 0 Å². The van der Waals surface area contributed by atoms with E-state index >= 15 is 0 Å². The van der Waals surface area contributed by atoms with Crippen LogP contribution in [0, 0.1) is 5.92 Å². The summed E-state index contributed by atoms with van der Waals surface area (Å²) in [4.78, 5) is 11.7. The van der Waals surface area contributed by atoms with Crippen molar-refractivity contribution in [2.45, 2.75) is 12.6 Å². The third-order valence-electron chi connectivity index (χ3n) is 2.13. The van der Waals surface area contributed by atoms with Gasteiger partial charge in [-0.05, 0) is 0 Å². The second kappa shape index (κ2) is 4.21. The second-order valence-corrected chi connectivity index (χ2v) is 5.45. The quantitative estimate of drug-likeness (QED) is 0.755. The van der Waals surface area contributed by atoms with Crippen molar-refractivity contribution < 1.29 is 26.4 Å². The molecule has 0 bridgehead atoms. The number of hydrogen-bond acceptors (Lipinski definition) is 3. The number of likely N-dealkylation sites (tertiary alicyclic amines) is 1. The number of hydrogen-bond donors (Lipinski definition) is 1. The largest absolute Gasteiger partial charge is 0.406 e. The molecule has 0 saturated carbocycles. The predicted octanol–water partition coefficient (Wildman–Crippen LogP) is -0.314. The third kappa shape index (κ3) is 4.35. The SMILES string of the molecule is NS(=O)(=O)CC1CC(=O)N(CC(F)(F)F)C1. The maximum Gasteiger partial charge on any atom is 0.406 e. The minimum Gasteiger partial charge on any atom is -0.333 e. The van der Waals surface area contributed by atoms with Crippen molar-refractivity contribution in [2.75, 3.05) is 18.8 Å². The summed E-state index contributed by atoms with van der Waals surface area (Å²) < 4.78 is 57.5. The summed E-state index contributed by atoms with van der Waals surface area (Å²) in [7, 11) is -3.76. The van der Waals surface area contributed by atoms with Crippen LogP contribution in [0.5, 0.6) is 0 Å².